The summed E-state index contributed by atoms with van der Waals surface area (Å²) in [5, 5.41) is 17.6. The van der Waals surface area contributed by atoms with Crippen molar-refractivity contribution in [2.75, 3.05) is 5.33 Å². The first-order chi connectivity index (χ1) is 16.5. The Balaban J connectivity index is 0.000000779. The van der Waals surface area contributed by atoms with Gasteiger partial charge in [0.25, 0.3) is 0 Å². The number of aliphatic hydroxyl groups is 1. The number of aliphatic carboxylic acids is 1. The van der Waals surface area contributed by atoms with Gasteiger partial charge in [-0.3, -0.25) is 4.79 Å². The van der Waals surface area contributed by atoms with E-state index in [0.29, 0.717) is 11.8 Å². The van der Waals surface area contributed by atoms with Crippen LogP contribution >= 0.6 is 15.9 Å². The summed E-state index contributed by atoms with van der Waals surface area (Å²) < 4.78 is 0. The minimum absolute atomic E-state index is 0.0347. The summed E-state index contributed by atoms with van der Waals surface area (Å²) in [5.41, 5.74) is 5.46. The van der Waals surface area contributed by atoms with E-state index in [4.69, 9.17) is 5.11 Å². The highest BCUT2D eigenvalue weighted by atomic mass is 79.9. The zero-order valence-corrected chi connectivity index (χ0v) is 24.4. The standard InChI is InChI=1S/C27H38O.C2H3BrO2.C2H6/c1-20-10-6-7-12-22(20)14-15-23-13-9-19-27(5)24(16-17-25(23)27)21(2)11-8-18-26(3,4)28;3-1-2(4)5;1-2/h14-16,21,25,28H,1,6-7,9-13,17,19H2,2-5H3;1H2,(H,4,5);1-2H3/b22-14-,23-15+;;/t21-,25?,27-;;/m1../s1. The molecule has 2 N–H and O–H groups in total. The first kappa shape index (κ1) is 31.5. The van der Waals surface area contributed by atoms with Crippen molar-refractivity contribution in [1.82, 2.24) is 0 Å². The molecule has 2 fully saturated rings. The van der Waals surface area contributed by atoms with Crippen LogP contribution in [-0.4, -0.2) is 27.1 Å². The van der Waals surface area contributed by atoms with Gasteiger partial charge in [-0.15, -0.1) is 0 Å². The first-order valence-electron chi connectivity index (χ1n) is 13.3. The molecule has 0 heterocycles. The summed E-state index contributed by atoms with van der Waals surface area (Å²) in [5.74, 6) is 6.48. The lowest BCUT2D eigenvalue weighted by molar-refractivity contribution is -0.133. The third kappa shape index (κ3) is 9.77. The van der Waals surface area contributed by atoms with Crippen LogP contribution in [-0.2, 0) is 4.79 Å². The molecule has 0 radical (unpaired) electrons. The number of carboxylic acid groups (broad SMARTS) is 1. The largest absolute Gasteiger partial charge is 0.481 e. The number of hydrogen-bond donors (Lipinski definition) is 2. The molecule has 196 valence electrons. The molecule has 0 aliphatic heterocycles. The third-order valence-electron chi connectivity index (χ3n) is 7.19. The molecule has 2 saturated carbocycles. The fourth-order valence-corrected chi connectivity index (χ4v) is 5.55. The Kier molecular flexibility index (Phi) is 13.4. The van der Waals surface area contributed by atoms with Crippen molar-refractivity contribution in [1.29, 1.82) is 0 Å². The second-order valence-electron chi connectivity index (χ2n) is 10.5. The number of allylic oxidation sites excluding steroid dienone is 7. The van der Waals surface area contributed by atoms with Crippen LogP contribution in [0.1, 0.15) is 99.3 Å². The van der Waals surface area contributed by atoms with Crippen LogP contribution in [0.15, 0.2) is 47.1 Å². The van der Waals surface area contributed by atoms with Gasteiger partial charge < -0.3 is 10.2 Å². The van der Waals surface area contributed by atoms with Crippen LogP contribution in [0, 0.1) is 29.1 Å². The summed E-state index contributed by atoms with van der Waals surface area (Å²) in [6.07, 6.45) is 18.1. The molecule has 35 heavy (non-hydrogen) atoms. The molecule has 0 aromatic heterocycles. The van der Waals surface area contributed by atoms with Gasteiger partial charge >= 0.3 is 5.97 Å². The number of alkyl halides is 1. The van der Waals surface area contributed by atoms with Gasteiger partial charge in [-0.25, -0.2) is 0 Å². The molecule has 0 saturated heterocycles. The molecule has 3 aliphatic rings. The van der Waals surface area contributed by atoms with Crippen LogP contribution in [0.3, 0.4) is 0 Å². The van der Waals surface area contributed by atoms with E-state index in [1.54, 1.807) is 25.0 Å². The minimum atomic E-state index is -0.895. The highest BCUT2D eigenvalue weighted by molar-refractivity contribution is 9.09. The van der Waals surface area contributed by atoms with Crippen molar-refractivity contribution in [3.63, 3.8) is 0 Å². The van der Waals surface area contributed by atoms with Gasteiger partial charge in [0.05, 0.1) is 0 Å². The zero-order chi connectivity index (χ0) is 26.6. The molecule has 3 aliphatic carbocycles. The van der Waals surface area contributed by atoms with E-state index in [2.05, 4.69) is 66.4 Å². The Morgan fingerprint density at radius 3 is 2.46 bits per heavy atom. The summed E-state index contributed by atoms with van der Waals surface area (Å²) in [7, 11) is 0. The van der Waals surface area contributed by atoms with Crippen molar-refractivity contribution in [3.05, 3.63) is 47.1 Å². The van der Waals surface area contributed by atoms with Gasteiger partial charge in [0.15, 0.2) is 0 Å². The summed E-state index contributed by atoms with van der Waals surface area (Å²) >= 11 is 2.71. The van der Waals surface area contributed by atoms with Crippen LogP contribution < -0.4 is 0 Å². The second kappa shape index (κ2) is 14.9. The van der Waals surface area contributed by atoms with Crippen molar-refractivity contribution < 1.29 is 15.0 Å². The smallest absolute Gasteiger partial charge is 0.314 e. The normalized spacial score (nSPS) is 26.8. The van der Waals surface area contributed by atoms with E-state index in [-0.39, 0.29) is 10.7 Å². The number of hydrogen-bond acceptors (Lipinski definition) is 2. The van der Waals surface area contributed by atoms with Gasteiger partial charge in [0, 0.05) is 6.42 Å². The Bertz CT molecular complexity index is 875. The fraction of sp³-hybridized carbons (Fsp3) is 0.645. The fourth-order valence-electron chi connectivity index (χ4n) is 5.55. The maximum absolute atomic E-state index is 9.85. The summed E-state index contributed by atoms with van der Waals surface area (Å²) in [6, 6.07) is 0. The molecule has 0 aromatic rings. The molecular formula is C31H47BrO3. The Morgan fingerprint density at radius 1 is 1.26 bits per heavy atom. The number of carboxylic acids is 1. The van der Waals surface area contributed by atoms with E-state index in [1.165, 1.54) is 62.5 Å². The molecule has 3 rings (SSSR count). The van der Waals surface area contributed by atoms with E-state index >= 15 is 0 Å². The Hall–Kier alpha value is -1.57. The van der Waals surface area contributed by atoms with E-state index < -0.39 is 11.6 Å². The van der Waals surface area contributed by atoms with Crippen molar-refractivity contribution in [2.24, 2.45) is 17.3 Å². The van der Waals surface area contributed by atoms with Crippen LogP contribution in [0.2, 0.25) is 0 Å². The summed E-state index contributed by atoms with van der Waals surface area (Å²) in [6.45, 7) is 16.6. The highest BCUT2D eigenvalue weighted by Gasteiger charge is 2.45. The topological polar surface area (TPSA) is 57.5 Å². The maximum Gasteiger partial charge on any atom is 0.314 e. The van der Waals surface area contributed by atoms with E-state index in [0.717, 1.165) is 6.42 Å². The van der Waals surface area contributed by atoms with E-state index in [1.807, 2.05) is 13.8 Å². The average molecular weight is 548 g/mol. The molecule has 3 nitrogen and oxygen atoms in total. The van der Waals surface area contributed by atoms with Gasteiger partial charge in [0.2, 0.25) is 0 Å². The lowest BCUT2D eigenvalue weighted by atomic mass is 9.62. The molecular weight excluding hydrogens is 500 g/mol. The average Bonchev–Trinajstić information content (AvgIpc) is 3.17. The molecule has 0 aromatic carbocycles. The number of fused-ring (bicyclic) bond motifs is 1. The SMILES string of the molecule is C=C1CCCC/C1=C/C=C1\CCC[C@]2(C)C([C@H](C)CC#CC(C)(C)O)=CCC12.CC.O=C(O)CBr. The third-order valence-corrected chi connectivity index (χ3v) is 7.67. The van der Waals surface area contributed by atoms with Crippen LogP contribution in [0.4, 0.5) is 0 Å². The molecule has 3 atom stereocenters. The van der Waals surface area contributed by atoms with Crippen molar-refractivity contribution in [2.45, 2.75) is 105 Å². The van der Waals surface area contributed by atoms with Gasteiger partial charge in [-0.2, -0.15) is 0 Å². The Labute approximate surface area is 223 Å². The lowest BCUT2D eigenvalue weighted by Gasteiger charge is -2.42. The van der Waals surface area contributed by atoms with Crippen LogP contribution in [0.5, 0.6) is 0 Å². The first-order valence-corrected chi connectivity index (χ1v) is 14.4. The number of halogens is 1. The lowest BCUT2D eigenvalue weighted by Crippen LogP contribution is -2.32. The monoisotopic (exact) mass is 546 g/mol. The number of rotatable bonds is 4. The van der Waals surface area contributed by atoms with Gasteiger partial charge in [0.1, 0.15) is 10.9 Å². The van der Waals surface area contributed by atoms with Crippen LogP contribution in [0.25, 0.3) is 0 Å². The highest BCUT2D eigenvalue weighted by Crippen LogP contribution is 2.56. The molecule has 0 bridgehead atoms. The summed E-state index contributed by atoms with van der Waals surface area (Å²) in [4.78, 5) is 9.32. The predicted octanol–water partition coefficient (Wildman–Crippen LogP) is 8.40. The zero-order valence-electron chi connectivity index (χ0n) is 22.8. The van der Waals surface area contributed by atoms with Crippen molar-refractivity contribution in [3.8, 4) is 11.8 Å². The molecule has 0 amide bonds. The molecule has 1 unspecified atom stereocenters. The maximum atomic E-state index is 9.85. The van der Waals surface area contributed by atoms with Gasteiger partial charge in [-0.1, -0.05) is 97.0 Å². The van der Waals surface area contributed by atoms with Crippen molar-refractivity contribution >= 4 is 21.9 Å². The minimum Gasteiger partial charge on any atom is -0.481 e. The quantitative estimate of drug-likeness (QED) is 0.211. The second-order valence-corrected chi connectivity index (χ2v) is 11.0. The van der Waals surface area contributed by atoms with Gasteiger partial charge in [-0.05, 0) is 88.0 Å². The molecule has 0 spiro atoms. The van der Waals surface area contributed by atoms with E-state index in [9.17, 15) is 9.90 Å². The molecule has 4 heteroatoms. The predicted molar refractivity (Wildman–Crippen MR) is 153 cm³/mol. The Morgan fingerprint density at radius 2 is 1.89 bits per heavy atom. The number of carbonyl (C=O) groups is 1.